The molecule has 0 bridgehead atoms. The van der Waals surface area contributed by atoms with Crippen molar-refractivity contribution < 1.29 is 19.2 Å². The molecule has 2 amide bonds. The third kappa shape index (κ3) is 3.60. The van der Waals surface area contributed by atoms with Gasteiger partial charge in [-0.25, -0.2) is 0 Å². The summed E-state index contributed by atoms with van der Waals surface area (Å²) < 4.78 is 5.30. The highest BCUT2D eigenvalue weighted by atomic mass is 16.5. The van der Waals surface area contributed by atoms with Gasteiger partial charge in [0.15, 0.2) is 0 Å². The average Bonchev–Trinajstić information content (AvgIpc) is 2.99. The maximum absolute atomic E-state index is 12.8. The molecule has 29 heavy (non-hydrogen) atoms. The molecule has 1 aromatic heterocycles. The number of benzene rings is 1. The monoisotopic (exact) mass is 398 g/mol. The quantitative estimate of drug-likeness (QED) is 0.710. The van der Waals surface area contributed by atoms with E-state index in [0.717, 1.165) is 22.5 Å². The van der Waals surface area contributed by atoms with Gasteiger partial charge in [-0.3, -0.25) is 14.5 Å². The summed E-state index contributed by atoms with van der Waals surface area (Å²) in [6, 6.07) is 5.19. The van der Waals surface area contributed by atoms with E-state index in [-0.39, 0.29) is 18.1 Å². The first-order chi connectivity index (χ1) is 13.8. The van der Waals surface area contributed by atoms with Crippen molar-refractivity contribution in [3.63, 3.8) is 0 Å². The van der Waals surface area contributed by atoms with E-state index in [1.807, 2.05) is 32.0 Å². The molecular weight excluding hydrogens is 372 g/mol. The summed E-state index contributed by atoms with van der Waals surface area (Å²) in [6.45, 7) is 3.71. The average molecular weight is 398 g/mol. The smallest absolute Gasteiger partial charge is 0.240 e. The van der Waals surface area contributed by atoms with Crippen LogP contribution in [0.5, 0.6) is 0 Å². The number of carbonyl (C=O) groups excluding carboxylic acids is 2. The van der Waals surface area contributed by atoms with Crippen molar-refractivity contribution in [3.8, 4) is 11.1 Å². The Labute approximate surface area is 169 Å². The molecule has 1 unspecified atom stereocenters. The van der Waals surface area contributed by atoms with Crippen LogP contribution < -0.4 is 16.0 Å². The normalized spacial score (nSPS) is 24.3. The number of carbonyl (C=O) groups is 2. The molecule has 2 aromatic rings. The van der Waals surface area contributed by atoms with Gasteiger partial charge < -0.3 is 20.7 Å². The molecule has 2 fully saturated rings. The minimum absolute atomic E-state index is 0.118. The molecule has 1 saturated heterocycles. The van der Waals surface area contributed by atoms with Crippen LogP contribution in [0.15, 0.2) is 22.7 Å². The van der Waals surface area contributed by atoms with Crippen molar-refractivity contribution in [1.29, 1.82) is 0 Å². The van der Waals surface area contributed by atoms with Gasteiger partial charge in [0.1, 0.15) is 11.8 Å². The third-order valence-electron chi connectivity index (χ3n) is 5.83. The molecular formula is C21H26N4O4. The van der Waals surface area contributed by atoms with Crippen molar-refractivity contribution in [1.82, 2.24) is 5.16 Å². The summed E-state index contributed by atoms with van der Waals surface area (Å²) in [6.07, 6.45) is 2.56. The molecule has 0 radical (unpaired) electrons. The zero-order valence-electron chi connectivity index (χ0n) is 16.6. The number of aromatic nitrogens is 1. The second kappa shape index (κ2) is 7.51. The highest BCUT2D eigenvalue weighted by Crippen LogP contribution is 2.39. The number of nitrogens with zero attached hydrogens (tertiary/aromatic N) is 2. The molecule has 1 aromatic carbocycles. The molecule has 2 heterocycles. The highest BCUT2D eigenvalue weighted by Gasteiger charge is 2.36. The van der Waals surface area contributed by atoms with Crippen molar-refractivity contribution in [3.05, 3.63) is 29.7 Å². The number of anilines is 2. The van der Waals surface area contributed by atoms with Crippen molar-refractivity contribution >= 4 is 23.2 Å². The van der Waals surface area contributed by atoms with Crippen molar-refractivity contribution in [2.75, 3.05) is 10.2 Å². The maximum atomic E-state index is 12.8. The summed E-state index contributed by atoms with van der Waals surface area (Å²) in [5.41, 5.74) is 9.49. The largest absolute Gasteiger partial charge is 0.393 e. The van der Waals surface area contributed by atoms with Gasteiger partial charge in [-0.05, 0) is 57.2 Å². The van der Waals surface area contributed by atoms with E-state index < -0.39 is 11.9 Å². The highest BCUT2D eigenvalue weighted by molar-refractivity contribution is 6.04. The summed E-state index contributed by atoms with van der Waals surface area (Å²) in [7, 11) is 0. The Morgan fingerprint density at radius 2 is 2.10 bits per heavy atom. The molecule has 1 atom stereocenters. The first-order valence-electron chi connectivity index (χ1n) is 9.98. The Balaban J connectivity index is 1.80. The van der Waals surface area contributed by atoms with E-state index in [2.05, 4.69) is 10.5 Å². The van der Waals surface area contributed by atoms with Gasteiger partial charge in [-0.15, -0.1) is 0 Å². The topological polar surface area (TPSA) is 122 Å². The van der Waals surface area contributed by atoms with Gasteiger partial charge in [0, 0.05) is 18.0 Å². The third-order valence-corrected chi connectivity index (χ3v) is 5.83. The molecule has 0 spiro atoms. The fraction of sp³-hybridized carbons (Fsp3) is 0.476. The van der Waals surface area contributed by atoms with Gasteiger partial charge in [0.2, 0.25) is 11.8 Å². The Morgan fingerprint density at radius 1 is 1.34 bits per heavy atom. The molecule has 2 aliphatic rings. The van der Waals surface area contributed by atoms with Crippen molar-refractivity contribution in [2.45, 2.75) is 64.1 Å². The predicted molar refractivity (Wildman–Crippen MR) is 108 cm³/mol. The minimum atomic E-state index is -0.677. The van der Waals surface area contributed by atoms with Gasteiger partial charge in [0.25, 0.3) is 0 Å². The standard InChI is InChI=1S/C21H26N4O4/c1-11-20(12(2)29-24-11)13-6-7-16(23-14-9-15(26)10-14)18(8-13)25-17(21(22)28)4-3-5-19(25)27/h6-8,14-15,17,23,26H,3-5,9-10H2,1-2H3,(H2,22,28). The Hall–Kier alpha value is -2.87. The second-order valence-corrected chi connectivity index (χ2v) is 7.97. The van der Waals surface area contributed by atoms with Crippen LogP contribution in [0.4, 0.5) is 11.4 Å². The van der Waals surface area contributed by atoms with Crippen molar-refractivity contribution in [2.24, 2.45) is 5.73 Å². The molecule has 1 aliphatic heterocycles. The van der Waals surface area contributed by atoms with Gasteiger partial charge in [-0.1, -0.05) is 11.2 Å². The number of rotatable bonds is 5. The van der Waals surface area contributed by atoms with E-state index in [9.17, 15) is 14.7 Å². The van der Waals surface area contributed by atoms with Crippen LogP contribution in [0.1, 0.15) is 43.6 Å². The molecule has 4 N–H and O–H groups in total. The fourth-order valence-electron chi connectivity index (χ4n) is 4.27. The number of aliphatic hydroxyl groups excluding tert-OH is 1. The Morgan fingerprint density at radius 3 is 2.72 bits per heavy atom. The molecule has 154 valence electrons. The lowest BCUT2D eigenvalue weighted by Crippen LogP contribution is -2.51. The van der Waals surface area contributed by atoms with E-state index >= 15 is 0 Å². The molecule has 4 rings (SSSR count). The zero-order valence-corrected chi connectivity index (χ0v) is 16.6. The van der Waals surface area contributed by atoms with Crippen LogP contribution in [0.25, 0.3) is 11.1 Å². The zero-order chi connectivity index (χ0) is 20.7. The number of piperidine rings is 1. The van der Waals surface area contributed by atoms with Crippen LogP contribution in [0.2, 0.25) is 0 Å². The summed E-state index contributed by atoms with van der Waals surface area (Å²) >= 11 is 0. The van der Waals surface area contributed by atoms with E-state index in [1.54, 1.807) is 0 Å². The first-order valence-corrected chi connectivity index (χ1v) is 9.98. The summed E-state index contributed by atoms with van der Waals surface area (Å²) in [5.74, 6) is 0.0613. The first kappa shape index (κ1) is 19.4. The lowest BCUT2D eigenvalue weighted by Gasteiger charge is -2.38. The maximum Gasteiger partial charge on any atom is 0.240 e. The fourth-order valence-corrected chi connectivity index (χ4v) is 4.27. The number of primary amides is 1. The Kier molecular flexibility index (Phi) is 5.04. The number of aliphatic hydroxyl groups is 1. The second-order valence-electron chi connectivity index (χ2n) is 7.97. The number of hydrogen-bond acceptors (Lipinski definition) is 6. The number of hydrogen-bond donors (Lipinski definition) is 3. The van der Waals surface area contributed by atoms with Gasteiger partial charge in [0.05, 0.1) is 23.2 Å². The number of nitrogens with one attached hydrogen (secondary N) is 1. The summed E-state index contributed by atoms with van der Waals surface area (Å²) in [4.78, 5) is 26.5. The van der Waals surface area contributed by atoms with E-state index in [1.165, 1.54) is 4.90 Å². The number of aryl methyl sites for hydroxylation is 2. The molecule has 8 heteroatoms. The lowest BCUT2D eigenvalue weighted by molar-refractivity contribution is -0.126. The molecule has 1 saturated carbocycles. The summed E-state index contributed by atoms with van der Waals surface area (Å²) in [5, 5.41) is 17.1. The Bertz CT molecular complexity index is 929. The molecule has 8 nitrogen and oxygen atoms in total. The van der Waals surface area contributed by atoms with Crippen LogP contribution in [0.3, 0.4) is 0 Å². The van der Waals surface area contributed by atoms with Crippen LogP contribution in [-0.4, -0.2) is 40.3 Å². The van der Waals surface area contributed by atoms with Crippen LogP contribution >= 0.6 is 0 Å². The molecule has 1 aliphatic carbocycles. The van der Waals surface area contributed by atoms with Gasteiger partial charge in [-0.2, -0.15) is 0 Å². The predicted octanol–water partition coefficient (Wildman–Crippen LogP) is 2.26. The van der Waals surface area contributed by atoms with Crippen LogP contribution in [0, 0.1) is 13.8 Å². The lowest BCUT2D eigenvalue weighted by atomic mass is 9.89. The van der Waals surface area contributed by atoms with E-state index in [0.29, 0.717) is 43.6 Å². The SMILES string of the molecule is Cc1noc(C)c1-c1ccc(NC2CC(O)C2)c(N2C(=O)CCCC2C(N)=O)c1. The van der Waals surface area contributed by atoms with Crippen LogP contribution in [-0.2, 0) is 9.59 Å². The number of nitrogens with two attached hydrogens (primary N) is 1. The minimum Gasteiger partial charge on any atom is -0.393 e. The number of amides is 2. The van der Waals surface area contributed by atoms with E-state index in [4.69, 9.17) is 10.3 Å². The van der Waals surface area contributed by atoms with Gasteiger partial charge >= 0.3 is 0 Å².